The van der Waals surface area contributed by atoms with E-state index >= 15 is 0 Å². The van der Waals surface area contributed by atoms with Crippen molar-refractivity contribution >= 4 is 5.97 Å². The van der Waals surface area contributed by atoms with Crippen molar-refractivity contribution in [2.45, 2.75) is 58.4 Å². The molecule has 4 nitrogen and oxygen atoms in total. The first kappa shape index (κ1) is 15.8. The van der Waals surface area contributed by atoms with Gasteiger partial charge in [0.2, 0.25) is 0 Å². The zero-order chi connectivity index (χ0) is 14.6. The summed E-state index contributed by atoms with van der Waals surface area (Å²) in [4.78, 5) is 16.7. The van der Waals surface area contributed by atoms with Gasteiger partial charge in [0.15, 0.2) is 0 Å². The van der Waals surface area contributed by atoms with E-state index in [-0.39, 0.29) is 0 Å². The molecule has 0 radical (unpaired) electrons. The van der Waals surface area contributed by atoms with Gasteiger partial charge in [0.05, 0.1) is 5.41 Å². The molecule has 2 unspecified atom stereocenters. The number of carbonyl (C=O) groups is 1. The molecular weight excluding hydrogens is 252 g/mol. The molecule has 0 aromatic rings. The molecule has 1 N–H and O–H groups in total. The van der Waals surface area contributed by atoms with E-state index < -0.39 is 11.4 Å². The summed E-state index contributed by atoms with van der Waals surface area (Å²) in [6.07, 6.45) is 6.32. The van der Waals surface area contributed by atoms with Gasteiger partial charge in [-0.2, -0.15) is 0 Å². The third-order valence-electron chi connectivity index (χ3n) is 5.32. The Kier molecular flexibility index (Phi) is 5.44. The van der Waals surface area contributed by atoms with E-state index in [0.29, 0.717) is 6.04 Å². The van der Waals surface area contributed by atoms with Crippen LogP contribution in [-0.2, 0) is 4.79 Å². The zero-order valence-electron chi connectivity index (χ0n) is 13.1. The highest BCUT2D eigenvalue weighted by Gasteiger charge is 2.45. The molecule has 20 heavy (non-hydrogen) atoms. The van der Waals surface area contributed by atoms with E-state index in [2.05, 4.69) is 23.6 Å². The van der Waals surface area contributed by atoms with Gasteiger partial charge in [-0.3, -0.25) is 9.69 Å². The summed E-state index contributed by atoms with van der Waals surface area (Å²) in [6, 6.07) is 0.602. The topological polar surface area (TPSA) is 43.8 Å². The molecule has 0 aromatic heterocycles. The third kappa shape index (κ3) is 3.34. The lowest BCUT2D eigenvalue weighted by Crippen LogP contribution is -2.39. The molecule has 2 rings (SSSR count). The fourth-order valence-electron chi connectivity index (χ4n) is 4.00. The first-order chi connectivity index (χ1) is 9.61. The predicted molar refractivity (Wildman–Crippen MR) is 80.9 cm³/mol. The average Bonchev–Trinajstić information content (AvgIpc) is 2.72. The molecule has 2 aliphatic rings. The van der Waals surface area contributed by atoms with Gasteiger partial charge in [-0.15, -0.1) is 0 Å². The molecule has 0 spiro atoms. The third-order valence-corrected chi connectivity index (χ3v) is 5.32. The van der Waals surface area contributed by atoms with E-state index in [0.717, 1.165) is 38.9 Å². The van der Waals surface area contributed by atoms with Crippen molar-refractivity contribution in [2.75, 3.05) is 32.7 Å². The Morgan fingerprint density at radius 2 is 2.05 bits per heavy atom. The fraction of sp³-hybridized carbons (Fsp3) is 0.938. The molecule has 116 valence electrons. The van der Waals surface area contributed by atoms with Crippen molar-refractivity contribution in [3.63, 3.8) is 0 Å². The summed E-state index contributed by atoms with van der Waals surface area (Å²) in [7, 11) is 0. The SMILES string of the molecule is CCCC1(C(=O)O)CCN(C2CCCN(CC)CC2)C1. The highest BCUT2D eigenvalue weighted by molar-refractivity contribution is 5.75. The second-order valence-electron chi connectivity index (χ2n) is 6.57. The average molecular weight is 282 g/mol. The summed E-state index contributed by atoms with van der Waals surface area (Å²) in [5, 5.41) is 9.61. The number of rotatable bonds is 5. The molecule has 2 atom stereocenters. The van der Waals surface area contributed by atoms with E-state index in [1.165, 1.54) is 32.4 Å². The van der Waals surface area contributed by atoms with Gasteiger partial charge in [-0.25, -0.2) is 0 Å². The lowest BCUT2D eigenvalue weighted by Gasteiger charge is -2.29. The molecule has 0 bridgehead atoms. The van der Waals surface area contributed by atoms with Crippen molar-refractivity contribution in [3.8, 4) is 0 Å². The maximum absolute atomic E-state index is 11.7. The largest absolute Gasteiger partial charge is 0.481 e. The summed E-state index contributed by atoms with van der Waals surface area (Å²) in [5.74, 6) is -0.578. The van der Waals surface area contributed by atoms with Crippen molar-refractivity contribution in [1.82, 2.24) is 9.80 Å². The predicted octanol–water partition coefficient (Wildman–Crippen LogP) is 2.44. The van der Waals surface area contributed by atoms with Crippen LogP contribution >= 0.6 is 0 Å². The van der Waals surface area contributed by atoms with Crippen molar-refractivity contribution in [2.24, 2.45) is 5.41 Å². The van der Waals surface area contributed by atoms with Crippen LogP contribution < -0.4 is 0 Å². The maximum atomic E-state index is 11.7. The summed E-state index contributed by atoms with van der Waals surface area (Å²) in [5.41, 5.74) is -0.467. The highest BCUT2D eigenvalue weighted by atomic mass is 16.4. The van der Waals surface area contributed by atoms with Gasteiger partial charge in [0, 0.05) is 12.6 Å². The zero-order valence-corrected chi connectivity index (χ0v) is 13.1. The van der Waals surface area contributed by atoms with Crippen LogP contribution in [0, 0.1) is 5.41 Å². The van der Waals surface area contributed by atoms with Gasteiger partial charge >= 0.3 is 5.97 Å². The van der Waals surface area contributed by atoms with Crippen LogP contribution in [0.25, 0.3) is 0 Å². The Hall–Kier alpha value is -0.610. The van der Waals surface area contributed by atoms with Crippen molar-refractivity contribution < 1.29 is 9.90 Å². The van der Waals surface area contributed by atoms with Crippen molar-refractivity contribution in [1.29, 1.82) is 0 Å². The van der Waals surface area contributed by atoms with Crippen LogP contribution in [0.4, 0.5) is 0 Å². The van der Waals surface area contributed by atoms with Crippen LogP contribution in [0.15, 0.2) is 0 Å². The maximum Gasteiger partial charge on any atom is 0.310 e. The lowest BCUT2D eigenvalue weighted by molar-refractivity contribution is -0.148. The van der Waals surface area contributed by atoms with E-state index in [9.17, 15) is 9.90 Å². The molecule has 4 heteroatoms. The van der Waals surface area contributed by atoms with Gasteiger partial charge in [-0.1, -0.05) is 20.3 Å². The lowest BCUT2D eigenvalue weighted by atomic mass is 9.82. The Balaban J connectivity index is 1.96. The normalized spacial score (nSPS) is 33.2. The Morgan fingerprint density at radius 3 is 2.70 bits per heavy atom. The van der Waals surface area contributed by atoms with E-state index in [4.69, 9.17) is 0 Å². The molecule has 0 amide bonds. The Labute approximate surface area is 123 Å². The number of aliphatic carboxylic acids is 1. The molecule has 2 heterocycles. The van der Waals surface area contributed by atoms with Crippen LogP contribution in [0.1, 0.15) is 52.4 Å². The quantitative estimate of drug-likeness (QED) is 0.841. The molecule has 2 saturated heterocycles. The first-order valence-electron chi connectivity index (χ1n) is 8.31. The number of hydrogen-bond donors (Lipinski definition) is 1. The number of hydrogen-bond acceptors (Lipinski definition) is 3. The summed E-state index contributed by atoms with van der Waals surface area (Å²) in [6.45, 7) is 9.59. The first-order valence-corrected chi connectivity index (χ1v) is 8.31. The monoisotopic (exact) mass is 282 g/mol. The standard InChI is InChI=1S/C16H30N2O2/c1-3-8-16(15(19)20)9-12-18(13-16)14-6-5-10-17(4-2)11-7-14/h14H,3-13H2,1-2H3,(H,19,20). The molecule has 2 aliphatic heterocycles. The molecule has 2 fully saturated rings. The van der Waals surface area contributed by atoms with Gasteiger partial charge in [-0.05, 0) is 58.3 Å². The van der Waals surface area contributed by atoms with Crippen LogP contribution in [0.2, 0.25) is 0 Å². The molecule has 0 aliphatic carbocycles. The van der Waals surface area contributed by atoms with Gasteiger partial charge in [0.25, 0.3) is 0 Å². The van der Waals surface area contributed by atoms with Crippen LogP contribution in [0.5, 0.6) is 0 Å². The minimum absolute atomic E-state index is 0.467. The highest BCUT2D eigenvalue weighted by Crippen LogP contribution is 2.37. The van der Waals surface area contributed by atoms with Gasteiger partial charge in [0.1, 0.15) is 0 Å². The molecule has 0 aromatic carbocycles. The van der Waals surface area contributed by atoms with E-state index in [1.807, 2.05) is 0 Å². The molecular formula is C16H30N2O2. The minimum Gasteiger partial charge on any atom is -0.481 e. The minimum atomic E-state index is -0.578. The fourth-order valence-corrected chi connectivity index (χ4v) is 4.00. The second kappa shape index (κ2) is 6.90. The second-order valence-corrected chi connectivity index (χ2v) is 6.57. The molecule has 0 saturated carbocycles. The smallest absolute Gasteiger partial charge is 0.310 e. The Morgan fingerprint density at radius 1 is 1.25 bits per heavy atom. The summed E-state index contributed by atoms with van der Waals surface area (Å²) >= 11 is 0. The summed E-state index contributed by atoms with van der Waals surface area (Å²) < 4.78 is 0. The van der Waals surface area contributed by atoms with Crippen LogP contribution in [-0.4, -0.2) is 59.6 Å². The van der Waals surface area contributed by atoms with Crippen molar-refractivity contribution in [3.05, 3.63) is 0 Å². The number of carboxylic acid groups (broad SMARTS) is 1. The number of nitrogens with zero attached hydrogens (tertiary/aromatic N) is 2. The Bertz CT molecular complexity index is 334. The van der Waals surface area contributed by atoms with Gasteiger partial charge < -0.3 is 10.0 Å². The van der Waals surface area contributed by atoms with Crippen LogP contribution in [0.3, 0.4) is 0 Å². The number of carboxylic acids is 1. The van der Waals surface area contributed by atoms with E-state index in [1.54, 1.807) is 0 Å². The number of likely N-dealkylation sites (tertiary alicyclic amines) is 2.